The summed E-state index contributed by atoms with van der Waals surface area (Å²) in [7, 11) is 0. The van der Waals surface area contributed by atoms with Crippen molar-refractivity contribution < 1.29 is 14.7 Å². The molecule has 0 spiro atoms. The van der Waals surface area contributed by atoms with Gasteiger partial charge < -0.3 is 10.8 Å². The zero-order valence-electron chi connectivity index (χ0n) is 18.3. The van der Waals surface area contributed by atoms with Gasteiger partial charge in [0.15, 0.2) is 0 Å². The van der Waals surface area contributed by atoms with E-state index in [9.17, 15) is 9.59 Å². The van der Waals surface area contributed by atoms with Crippen LogP contribution in [0.2, 0.25) is 0 Å². The molecule has 0 aromatic heterocycles. The molecule has 0 aromatic rings. The molecule has 4 nitrogen and oxygen atoms in total. The zero-order valence-corrected chi connectivity index (χ0v) is 18.3. The number of aliphatic carboxylic acids is 1. The fourth-order valence-corrected chi connectivity index (χ4v) is 3.57. The minimum Gasteiger partial charge on any atom is -0.481 e. The number of nitrogens with two attached hydrogens (primary N) is 1. The van der Waals surface area contributed by atoms with E-state index in [1.165, 1.54) is 77.0 Å². The van der Waals surface area contributed by atoms with Crippen molar-refractivity contribution in [3.63, 3.8) is 0 Å². The zero-order chi connectivity index (χ0) is 20.9. The molecular formula is C24H45NO3. The largest absolute Gasteiger partial charge is 0.481 e. The molecule has 0 saturated carbocycles. The predicted octanol–water partition coefficient (Wildman–Crippen LogP) is 6.77. The van der Waals surface area contributed by atoms with Crippen molar-refractivity contribution in [3.8, 4) is 0 Å². The van der Waals surface area contributed by atoms with Gasteiger partial charge in [-0.3, -0.25) is 9.59 Å². The summed E-state index contributed by atoms with van der Waals surface area (Å²) >= 11 is 0. The van der Waals surface area contributed by atoms with Crippen molar-refractivity contribution in [2.75, 3.05) is 0 Å². The maximum absolute atomic E-state index is 11.4. The maximum Gasteiger partial charge on any atom is 0.303 e. The van der Waals surface area contributed by atoms with E-state index in [-0.39, 0.29) is 18.2 Å². The SMILES string of the molecule is CCCCCCCC/C=C\CCCCCCCCC(CCCC(=O)O)C(N)=O. The Labute approximate surface area is 173 Å². The van der Waals surface area contributed by atoms with Gasteiger partial charge in [0.1, 0.15) is 0 Å². The van der Waals surface area contributed by atoms with E-state index in [1.807, 2.05) is 0 Å². The van der Waals surface area contributed by atoms with Gasteiger partial charge in [0.05, 0.1) is 0 Å². The lowest BCUT2D eigenvalue weighted by Gasteiger charge is -2.12. The van der Waals surface area contributed by atoms with E-state index in [0.717, 1.165) is 19.3 Å². The van der Waals surface area contributed by atoms with Gasteiger partial charge in [-0.25, -0.2) is 0 Å². The lowest BCUT2D eigenvalue weighted by Crippen LogP contribution is -2.23. The highest BCUT2D eigenvalue weighted by molar-refractivity contribution is 5.76. The average molecular weight is 396 g/mol. The highest BCUT2D eigenvalue weighted by Crippen LogP contribution is 2.18. The molecule has 0 rings (SSSR count). The van der Waals surface area contributed by atoms with Crippen molar-refractivity contribution in [2.24, 2.45) is 11.7 Å². The average Bonchev–Trinajstić information content (AvgIpc) is 2.65. The Bertz CT molecular complexity index is 407. The minimum atomic E-state index is -0.805. The smallest absolute Gasteiger partial charge is 0.303 e. The Morgan fingerprint density at radius 1 is 0.750 bits per heavy atom. The number of primary amides is 1. The molecule has 0 aromatic carbocycles. The number of carbonyl (C=O) groups excluding carboxylic acids is 1. The molecule has 1 atom stereocenters. The number of carboxylic acid groups (broad SMARTS) is 1. The van der Waals surface area contributed by atoms with Gasteiger partial charge in [-0.05, 0) is 44.9 Å². The monoisotopic (exact) mass is 395 g/mol. The van der Waals surface area contributed by atoms with E-state index >= 15 is 0 Å². The molecule has 0 heterocycles. The van der Waals surface area contributed by atoms with E-state index in [4.69, 9.17) is 10.8 Å². The predicted molar refractivity (Wildman–Crippen MR) is 118 cm³/mol. The Morgan fingerprint density at radius 3 is 1.71 bits per heavy atom. The number of hydrogen-bond donors (Lipinski definition) is 2. The molecule has 0 aliphatic heterocycles. The van der Waals surface area contributed by atoms with Gasteiger partial charge in [-0.2, -0.15) is 0 Å². The Balaban J connectivity index is 3.42. The minimum absolute atomic E-state index is 0.122. The summed E-state index contributed by atoms with van der Waals surface area (Å²) in [5, 5.41) is 8.67. The van der Waals surface area contributed by atoms with E-state index in [2.05, 4.69) is 19.1 Å². The van der Waals surface area contributed by atoms with E-state index < -0.39 is 5.97 Å². The summed E-state index contributed by atoms with van der Waals surface area (Å²) in [6, 6.07) is 0. The van der Waals surface area contributed by atoms with Crippen molar-refractivity contribution in [2.45, 2.75) is 122 Å². The number of rotatable bonds is 21. The molecule has 0 radical (unpaired) electrons. The van der Waals surface area contributed by atoms with Gasteiger partial charge in [-0.15, -0.1) is 0 Å². The molecule has 28 heavy (non-hydrogen) atoms. The summed E-state index contributed by atoms with van der Waals surface area (Å²) in [5.74, 6) is -1.24. The van der Waals surface area contributed by atoms with Crippen LogP contribution in [0.3, 0.4) is 0 Å². The van der Waals surface area contributed by atoms with Crippen LogP contribution in [0.25, 0.3) is 0 Å². The Hall–Kier alpha value is -1.32. The van der Waals surface area contributed by atoms with Crippen LogP contribution in [0.15, 0.2) is 12.2 Å². The number of unbranched alkanes of at least 4 members (excludes halogenated alkanes) is 12. The first-order valence-electron chi connectivity index (χ1n) is 11.7. The van der Waals surface area contributed by atoms with Gasteiger partial charge in [-0.1, -0.05) is 83.3 Å². The van der Waals surface area contributed by atoms with Crippen LogP contribution in [0, 0.1) is 5.92 Å². The molecule has 0 fully saturated rings. The number of carboxylic acids is 1. The quantitative estimate of drug-likeness (QED) is 0.166. The summed E-state index contributed by atoms with van der Waals surface area (Å²) in [4.78, 5) is 22.0. The number of hydrogen-bond acceptors (Lipinski definition) is 2. The first kappa shape index (κ1) is 26.7. The van der Waals surface area contributed by atoms with Crippen LogP contribution in [-0.2, 0) is 9.59 Å². The molecular weight excluding hydrogens is 350 g/mol. The molecule has 4 heteroatoms. The molecule has 1 amide bonds. The normalized spacial score (nSPS) is 12.5. The second kappa shape index (κ2) is 20.4. The summed E-state index contributed by atoms with van der Waals surface area (Å²) in [6.45, 7) is 2.26. The third-order valence-electron chi connectivity index (χ3n) is 5.41. The second-order valence-electron chi connectivity index (χ2n) is 8.11. The molecule has 3 N–H and O–H groups in total. The third kappa shape index (κ3) is 19.4. The first-order chi connectivity index (χ1) is 13.6. The topological polar surface area (TPSA) is 80.4 Å². The fourth-order valence-electron chi connectivity index (χ4n) is 3.57. The lowest BCUT2D eigenvalue weighted by atomic mass is 9.94. The van der Waals surface area contributed by atoms with Crippen molar-refractivity contribution in [1.82, 2.24) is 0 Å². The number of carbonyl (C=O) groups is 2. The van der Waals surface area contributed by atoms with Gasteiger partial charge in [0.25, 0.3) is 0 Å². The van der Waals surface area contributed by atoms with Crippen LogP contribution in [-0.4, -0.2) is 17.0 Å². The van der Waals surface area contributed by atoms with Crippen molar-refractivity contribution >= 4 is 11.9 Å². The van der Waals surface area contributed by atoms with Crippen LogP contribution in [0.5, 0.6) is 0 Å². The number of allylic oxidation sites excluding steroid dienone is 2. The molecule has 0 bridgehead atoms. The maximum atomic E-state index is 11.4. The number of amides is 1. The Kier molecular flexibility index (Phi) is 19.5. The van der Waals surface area contributed by atoms with Crippen LogP contribution < -0.4 is 5.73 Å². The lowest BCUT2D eigenvalue weighted by molar-refractivity contribution is -0.137. The second-order valence-corrected chi connectivity index (χ2v) is 8.11. The summed E-state index contributed by atoms with van der Waals surface area (Å²) < 4.78 is 0. The van der Waals surface area contributed by atoms with Gasteiger partial charge in [0, 0.05) is 12.3 Å². The summed E-state index contributed by atoms with van der Waals surface area (Å²) in [6.07, 6.45) is 24.6. The van der Waals surface area contributed by atoms with Crippen LogP contribution in [0.1, 0.15) is 122 Å². The van der Waals surface area contributed by atoms with Crippen LogP contribution in [0.4, 0.5) is 0 Å². The molecule has 0 saturated heterocycles. The van der Waals surface area contributed by atoms with E-state index in [1.54, 1.807) is 0 Å². The van der Waals surface area contributed by atoms with Crippen LogP contribution >= 0.6 is 0 Å². The molecule has 0 aliphatic rings. The van der Waals surface area contributed by atoms with Gasteiger partial charge in [0.2, 0.25) is 5.91 Å². The fraction of sp³-hybridized carbons (Fsp3) is 0.833. The summed E-state index contributed by atoms with van der Waals surface area (Å²) in [5.41, 5.74) is 5.43. The Morgan fingerprint density at radius 2 is 1.21 bits per heavy atom. The van der Waals surface area contributed by atoms with Crippen molar-refractivity contribution in [1.29, 1.82) is 0 Å². The highest BCUT2D eigenvalue weighted by atomic mass is 16.4. The molecule has 164 valence electrons. The third-order valence-corrected chi connectivity index (χ3v) is 5.41. The molecule has 1 unspecified atom stereocenters. The standard InChI is InChI=1S/C24H45NO3/c1-2-3-4-5-6-7-8-9-10-11-12-13-14-15-16-17-19-22(24(25)28)20-18-21-23(26)27/h9-10,22H,2-8,11-21H2,1H3,(H2,25,28)(H,26,27)/b10-9-. The van der Waals surface area contributed by atoms with E-state index in [0.29, 0.717) is 12.8 Å². The highest BCUT2D eigenvalue weighted by Gasteiger charge is 2.15. The molecule has 0 aliphatic carbocycles. The van der Waals surface area contributed by atoms with Crippen molar-refractivity contribution in [3.05, 3.63) is 12.2 Å². The van der Waals surface area contributed by atoms with Gasteiger partial charge >= 0.3 is 5.97 Å². The first-order valence-corrected chi connectivity index (χ1v) is 11.7.